The second-order valence-corrected chi connectivity index (χ2v) is 12.8. The van der Waals surface area contributed by atoms with Gasteiger partial charge in [-0.25, -0.2) is 4.98 Å². The van der Waals surface area contributed by atoms with Gasteiger partial charge in [-0.1, -0.05) is 36.4 Å². The molecule has 49 heavy (non-hydrogen) atoms. The van der Waals surface area contributed by atoms with Crippen LogP contribution in [-0.4, -0.2) is 49.3 Å². The number of nitrogens with one attached hydrogen (secondary N) is 3. The number of hydrogen-bond donors (Lipinski definition) is 3. The standard InChI is InChI=1S/C37H34N4O6S2/c1-23(34(42)41-37-40-31(22-48-37)26-15-18-32(46-3)33(20-26)47-4)49-29-12-8-11-27(21-29)38-36(44)30(19-24-13-16-28(45-2)17-14-24)39-35(43)25-9-6-5-7-10-25/h5-23H,1-4H3,(H,38,44)(H,39,43)(H,40,41,42)/b30-19+. The minimum Gasteiger partial charge on any atom is -0.497 e. The summed E-state index contributed by atoms with van der Waals surface area (Å²) in [5.74, 6) is 0.715. The van der Waals surface area contributed by atoms with Crippen LogP contribution in [0.15, 0.2) is 113 Å². The van der Waals surface area contributed by atoms with E-state index in [0.717, 1.165) is 10.5 Å². The predicted octanol–water partition coefficient (Wildman–Crippen LogP) is 7.36. The molecule has 250 valence electrons. The molecule has 4 aromatic carbocycles. The van der Waals surface area contributed by atoms with Gasteiger partial charge in [0.15, 0.2) is 16.6 Å². The van der Waals surface area contributed by atoms with E-state index in [1.54, 1.807) is 107 Å². The molecule has 0 radical (unpaired) electrons. The van der Waals surface area contributed by atoms with Crippen LogP contribution in [0.2, 0.25) is 0 Å². The van der Waals surface area contributed by atoms with Crippen LogP contribution < -0.4 is 30.2 Å². The Bertz CT molecular complexity index is 1960. The zero-order valence-corrected chi connectivity index (χ0v) is 28.8. The number of carbonyl (C=O) groups is 3. The molecule has 1 unspecified atom stereocenters. The van der Waals surface area contributed by atoms with Gasteiger partial charge in [-0.05, 0) is 79.2 Å². The fourth-order valence-electron chi connectivity index (χ4n) is 4.58. The summed E-state index contributed by atoms with van der Waals surface area (Å²) in [4.78, 5) is 44.9. The van der Waals surface area contributed by atoms with Gasteiger partial charge in [-0.3, -0.25) is 14.4 Å². The number of amides is 3. The quantitative estimate of drug-likeness (QED) is 0.0862. The molecule has 0 fully saturated rings. The van der Waals surface area contributed by atoms with Crippen LogP contribution in [-0.2, 0) is 9.59 Å². The van der Waals surface area contributed by atoms with E-state index in [4.69, 9.17) is 14.2 Å². The van der Waals surface area contributed by atoms with Crippen molar-refractivity contribution < 1.29 is 28.6 Å². The van der Waals surface area contributed by atoms with Crippen LogP contribution in [0.5, 0.6) is 17.2 Å². The van der Waals surface area contributed by atoms with Gasteiger partial charge in [0.25, 0.3) is 11.8 Å². The van der Waals surface area contributed by atoms with Gasteiger partial charge in [-0.2, -0.15) is 0 Å². The molecule has 3 N–H and O–H groups in total. The highest BCUT2D eigenvalue weighted by atomic mass is 32.2. The van der Waals surface area contributed by atoms with E-state index in [1.807, 2.05) is 29.6 Å². The summed E-state index contributed by atoms with van der Waals surface area (Å²) < 4.78 is 15.9. The van der Waals surface area contributed by atoms with Gasteiger partial charge in [0.1, 0.15) is 11.4 Å². The van der Waals surface area contributed by atoms with Crippen molar-refractivity contribution in [3.05, 3.63) is 119 Å². The molecule has 12 heteroatoms. The third-order valence-corrected chi connectivity index (χ3v) is 8.99. The number of benzene rings is 4. The number of rotatable bonds is 13. The summed E-state index contributed by atoms with van der Waals surface area (Å²) in [6.45, 7) is 1.79. The number of nitrogens with zero attached hydrogens (tertiary/aromatic N) is 1. The Labute approximate surface area is 292 Å². The highest BCUT2D eigenvalue weighted by Crippen LogP contribution is 2.34. The molecule has 0 aliphatic rings. The van der Waals surface area contributed by atoms with Gasteiger partial charge in [-0.15, -0.1) is 23.1 Å². The predicted molar refractivity (Wildman–Crippen MR) is 195 cm³/mol. The van der Waals surface area contributed by atoms with Crippen LogP contribution >= 0.6 is 23.1 Å². The minimum atomic E-state index is -0.512. The molecule has 0 saturated carbocycles. The number of hydrogen-bond acceptors (Lipinski definition) is 9. The zero-order chi connectivity index (χ0) is 34.8. The average molecular weight is 695 g/mol. The Kier molecular flexibility index (Phi) is 11.7. The molecular formula is C37H34N4O6S2. The third-order valence-electron chi connectivity index (χ3n) is 7.14. The molecule has 1 aromatic heterocycles. The van der Waals surface area contributed by atoms with E-state index in [2.05, 4.69) is 20.9 Å². The van der Waals surface area contributed by atoms with Crippen molar-refractivity contribution in [2.75, 3.05) is 32.0 Å². The zero-order valence-electron chi connectivity index (χ0n) is 27.2. The van der Waals surface area contributed by atoms with Crippen LogP contribution in [0.3, 0.4) is 0 Å². The van der Waals surface area contributed by atoms with Crippen molar-refractivity contribution in [2.45, 2.75) is 17.1 Å². The van der Waals surface area contributed by atoms with E-state index >= 15 is 0 Å². The third kappa shape index (κ3) is 9.28. The summed E-state index contributed by atoms with van der Waals surface area (Å²) in [5.41, 5.74) is 3.19. The van der Waals surface area contributed by atoms with Crippen molar-refractivity contribution in [1.29, 1.82) is 0 Å². The van der Waals surface area contributed by atoms with E-state index in [1.165, 1.54) is 23.1 Å². The molecule has 1 atom stereocenters. The van der Waals surface area contributed by atoms with Crippen molar-refractivity contribution >= 4 is 57.7 Å². The first kappa shape index (κ1) is 34.7. The second-order valence-electron chi connectivity index (χ2n) is 10.5. The number of anilines is 2. The highest BCUT2D eigenvalue weighted by molar-refractivity contribution is 8.00. The van der Waals surface area contributed by atoms with E-state index in [0.29, 0.717) is 44.9 Å². The fourth-order valence-corrected chi connectivity index (χ4v) is 6.23. The van der Waals surface area contributed by atoms with Gasteiger partial charge in [0, 0.05) is 27.1 Å². The number of methoxy groups -OCH3 is 3. The summed E-state index contributed by atoms with van der Waals surface area (Å²) in [5, 5.41) is 10.4. The number of thioether (sulfide) groups is 1. The fraction of sp³-hybridized carbons (Fsp3) is 0.135. The molecule has 0 saturated heterocycles. The molecule has 0 aliphatic heterocycles. The molecule has 0 bridgehead atoms. The Morgan fingerprint density at radius 1 is 0.816 bits per heavy atom. The van der Waals surface area contributed by atoms with Gasteiger partial charge in [0.2, 0.25) is 5.91 Å². The van der Waals surface area contributed by atoms with Crippen molar-refractivity contribution in [3.63, 3.8) is 0 Å². The summed E-state index contributed by atoms with van der Waals surface area (Å²) in [6.07, 6.45) is 1.59. The largest absolute Gasteiger partial charge is 0.497 e. The number of carbonyl (C=O) groups excluding carboxylic acids is 3. The van der Waals surface area contributed by atoms with Gasteiger partial charge < -0.3 is 30.2 Å². The average Bonchev–Trinajstić information content (AvgIpc) is 3.60. The maximum absolute atomic E-state index is 13.5. The maximum Gasteiger partial charge on any atom is 0.272 e. The molecule has 3 amide bonds. The SMILES string of the molecule is COc1ccc(/C=C(/NC(=O)c2ccccc2)C(=O)Nc2cccc(SC(C)C(=O)Nc3nc(-c4ccc(OC)c(OC)c4)cs3)c2)cc1. The van der Waals surface area contributed by atoms with Crippen LogP contribution in [0.4, 0.5) is 10.8 Å². The number of ether oxygens (including phenoxy) is 3. The topological polar surface area (TPSA) is 128 Å². The monoisotopic (exact) mass is 694 g/mol. The first-order valence-corrected chi connectivity index (χ1v) is 16.8. The lowest BCUT2D eigenvalue weighted by atomic mass is 10.1. The molecule has 5 aromatic rings. The normalized spacial score (nSPS) is 11.6. The van der Waals surface area contributed by atoms with Crippen LogP contribution in [0.1, 0.15) is 22.8 Å². The summed E-state index contributed by atoms with van der Waals surface area (Å²) in [7, 11) is 4.72. The molecule has 0 aliphatic carbocycles. The summed E-state index contributed by atoms with van der Waals surface area (Å²) in [6, 6.07) is 28.4. The first-order valence-electron chi connectivity index (χ1n) is 15.0. The molecule has 5 rings (SSSR count). The minimum absolute atomic E-state index is 0.0562. The lowest BCUT2D eigenvalue weighted by molar-refractivity contribution is -0.115. The van der Waals surface area contributed by atoms with Crippen molar-refractivity contribution in [3.8, 4) is 28.5 Å². The van der Waals surface area contributed by atoms with E-state index < -0.39 is 17.1 Å². The summed E-state index contributed by atoms with van der Waals surface area (Å²) >= 11 is 2.66. The lowest BCUT2D eigenvalue weighted by Gasteiger charge is -2.14. The molecule has 10 nitrogen and oxygen atoms in total. The highest BCUT2D eigenvalue weighted by Gasteiger charge is 2.19. The van der Waals surface area contributed by atoms with Crippen molar-refractivity contribution in [2.24, 2.45) is 0 Å². The van der Waals surface area contributed by atoms with E-state index in [-0.39, 0.29) is 11.6 Å². The van der Waals surface area contributed by atoms with Crippen molar-refractivity contribution in [1.82, 2.24) is 10.3 Å². The second kappa shape index (κ2) is 16.5. The number of aromatic nitrogens is 1. The Balaban J connectivity index is 1.25. The Morgan fingerprint density at radius 3 is 2.29 bits per heavy atom. The van der Waals surface area contributed by atoms with Gasteiger partial charge >= 0.3 is 0 Å². The lowest BCUT2D eigenvalue weighted by Crippen LogP contribution is -2.30. The van der Waals surface area contributed by atoms with Crippen LogP contribution in [0, 0.1) is 0 Å². The smallest absolute Gasteiger partial charge is 0.272 e. The maximum atomic E-state index is 13.5. The van der Waals surface area contributed by atoms with E-state index in [9.17, 15) is 14.4 Å². The molecule has 0 spiro atoms. The Morgan fingerprint density at radius 2 is 1.57 bits per heavy atom. The Hall–Kier alpha value is -5.59. The molecule has 1 heterocycles. The number of thiazole rings is 1. The van der Waals surface area contributed by atoms with Gasteiger partial charge in [0.05, 0.1) is 32.3 Å². The first-order chi connectivity index (χ1) is 23.8. The van der Waals surface area contributed by atoms with Crippen LogP contribution in [0.25, 0.3) is 17.3 Å². The molecular weight excluding hydrogens is 661 g/mol.